The Balaban J connectivity index is 1.99. The number of aromatic nitrogens is 2. The van der Waals surface area contributed by atoms with Crippen LogP contribution >= 0.6 is 11.8 Å². The van der Waals surface area contributed by atoms with Gasteiger partial charge in [-0.1, -0.05) is 12.1 Å². The van der Waals surface area contributed by atoms with Crippen molar-refractivity contribution in [2.24, 2.45) is 5.73 Å². The van der Waals surface area contributed by atoms with E-state index in [9.17, 15) is 4.79 Å². The fourth-order valence-electron chi connectivity index (χ4n) is 3.02. The number of carbonyl (C=O) groups is 1. The number of primary amides is 1. The maximum Gasteiger partial charge on any atom is 0.242 e. The lowest BCUT2D eigenvalue weighted by atomic mass is 9.83. The molecule has 0 bridgehead atoms. The topological polar surface area (TPSA) is 80.9 Å². The molecular weight excluding hydrogens is 356 g/mol. The summed E-state index contributed by atoms with van der Waals surface area (Å²) in [5.41, 5.74) is 7.79. The molecule has 0 radical (unpaired) electrons. The number of nitrogens with two attached hydrogens (primary N) is 1. The maximum atomic E-state index is 12.7. The number of rotatable bonds is 8. The minimum absolute atomic E-state index is 0.412. The number of carbonyl (C=O) groups excluding carboxylic acids is 1. The Morgan fingerprint density at radius 3 is 2.04 bits per heavy atom. The second-order valence-corrected chi connectivity index (χ2v) is 7.12. The Bertz CT molecular complexity index is 872. The number of thioether (sulfide) groups is 1. The summed E-state index contributed by atoms with van der Waals surface area (Å²) in [6.45, 7) is 0.501. The van der Waals surface area contributed by atoms with Crippen molar-refractivity contribution >= 4 is 17.7 Å². The minimum Gasteiger partial charge on any atom is -0.368 e. The molecule has 0 saturated heterocycles. The van der Waals surface area contributed by atoms with E-state index in [0.717, 1.165) is 21.6 Å². The normalized spacial score (nSPS) is 13.1. The van der Waals surface area contributed by atoms with E-state index in [4.69, 9.17) is 5.73 Å². The van der Waals surface area contributed by atoms with Gasteiger partial charge in [0.05, 0.1) is 0 Å². The first-order chi connectivity index (χ1) is 13.1. The predicted octanol–water partition coefficient (Wildman–Crippen LogP) is 2.91. The van der Waals surface area contributed by atoms with Crippen molar-refractivity contribution in [3.05, 3.63) is 90.0 Å². The Morgan fingerprint density at radius 1 is 0.963 bits per heavy atom. The highest BCUT2D eigenvalue weighted by atomic mass is 32.2. The summed E-state index contributed by atoms with van der Waals surface area (Å²) < 4.78 is 0. The van der Waals surface area contributed by atoms with Crippen molar-refractivity contribution < 1.29 is 4.79 Å². The molecule has 1 unspecified atom stereocenters. The van der Waals surface area contributed by atoms with Gasteiger partial charge in [0.1, 0.15) is 5.54 Å². The van der Waals surface area contributed by atoms with Gasteiger partial charge in [-0.2, -0.15) is 0 Å². The molecule has 138 valence electrons. The van der Waals surface area contributed by atoms with Crippen LogP contribution in [0.1, 0.15) is 16.7 Å². The van der Waals surface area contributed by atoms with Crippen LogP contribution < -0.4 is 11.1 Å². The van der Waals surface area contributed by atoms with Gasteiger partial charge in [-0.3, -0.25) is 20.1 Å². The number of amides is 1. The zero-order chi connectivity index (χ0) is 19.1. The van der Waals surface area contributed by atoms with Gasteiger partial charge in [0.2, 0.25) is 5.91 Å². The number of benzene rings is 1. The highest BCUT2D eigenvalue weighted by Gasteiger charge is 2.38. The van der Waals surface area contributed by atoms with Crippen molar-refractivity contribution in [1.29, 1.82) is 0 Å². The first-order valence-electron chi connectivity index (χ1n) is 8.61. The Hall–Kier alpha value is -2.70. The largest absolute Gasteiger partial charge is 0.368 e. The molecule has 1 atom stereocenters. The van der Waals surface area contributed by atoms with E-state index in [0.29, 0.717) is 13.0 Å². The summed E-state index contributed by atoms with van der Waals surface area (Å²) in [5.74, 6) is -0.412. The molecular formula is C21H22N4OS. The summed E-state index contributed by atoms with van der Waals surface area (Å²) in [6, 6.07) is 15.6. The number of nitrogens with one attached hydrogen (secondary N) is 1. The Morgan fingerprint density at radius 2 is 1.52 bits per heavy atom. The molecule has 1 amide bonds. The first kappa shape index (κ1) is 19.1. The molecule has 0 aliphatic heterocycles. The van der Waals surface area contributed by atoms with Gasteiger partial charge in [-0.25, -0.2) is 0 Å². The van der Waals surface area contributed by atoms with Gasteiger partial charge in [-0.05, 0) is 59.3 Å². The Kier molecular flexibility index (Phi) is 6.21. The standard InChI is InChI=1S/C21H22N4OS/c1-27-19-4-2-18(3-5-19)21(20(22)26,14-16-6-10-23-11-7-16)25-15-17-8-12-24-13-9-17/h2-13,25H,14-15H2,1H3,(H2,22,26). The van der Waals surface area contributed by atoms with Crippen LogP contribution in [0.4, 0.5) is 0 Å². The van der Waals surface area contributed by atoms with E-state index >= 15 is 0 Å². The summed E-state index contributed by atoms with van der Waals surface area (Å²) in [5, 5.41) is 3.42. The molecule has 6 heteroatoms. The third kappa shape index (κ3) is 4.53. The molecule has 0 spiro atoms. The highest BCUT2D eigenvalue weighted by Crippen LogP contribution is 2.28. The molecule has 3 rings (SSSR count). The van der Waals surface area contributed by atoms with Crippen LogP contribution in [-0.4, -0.2) is 22.1 Å². The number of hydrogen-bond donors (Lipinski definition) is 2. The molecule has 3 N–H and O–H groups in total. The van der Waals surface area contributed by atoms with Gasteiger partial charge in [0.15, 0.2) is 0 Å². The van der Waals surface area contributed by atoms with Crippen LogP contribution in [0.2, 0.25) is 0 Å². The zero-order valence-corrected chi connectivity index (χ0v) is 15.9. The SMILES string of the molecule is CSc1ccc(C(Cc2ccncc2)(NCc2ccncc2)C(N)=O)cc1. The van der Waals surface area contributed by atoms with Crippen molar-refractivity contribution in [2.45, 2.75) is 23.4 Å². The number of pyridine rings is 2. The smallest absolute Gasteiger partial charge is 0.242 e. The van der Waals surface area contributed by atoms with Gasteiger partial charge in [0, 0.05) is 42.6 Å². The monoisotopic (exact) mass is 378 g/mol. The van der Waals surface area contributed by atoms with E-state index in [1.807, 2.05) is 54.8 Å². The molecule has 0 aliphatic carbocycles. The zero-order valence-electron chi connectivity index (χ0n) is 15.1. The van der Waals surface area contributed by atoms with Gasteiger partial charge in [-0.15, -0.1) is 11.8 Å². The first-order valence-corrected chi connectivity index (χ1v) is 9.84. The van der Waals surface area contributed by atoms with Crippen molar-refractivity contribution in [3.63, 3.8) is 0 Å². The van der Waals surface area contributed by atoms with Crippen LogP contribution in [0.15, 0.2) is 78.2 Å². The van der Waals surface area contributed by atoms with Crippen LogP contribution in [0.5, 0.6) is 0 Å². The average Bonchev–Trinajstić information content (AvgIpc) is 2.72. The lowest BCUT2D eigenvalue weighted by molar-refractivity contribution is -0.125. The second kappa shape index (κ2) is 8.79. The fraction of sp³-hybridized carbons (Fsp3) is 0.190. The van der Waals surface area contributed by atoms with E-state index in [1.54, 1.807) is 36.5 Å². The summed E-state index contributed by atoms with van der Waals surface area (Å²) in [4.78, 5) is 22.0. The van der Waals surface area contributed by atoms with Crippen molar-refractivity contribution in [3.8, 4) is 0 Å². The van der Waals surface area contributed by atoms with Crippen molar-refractivity contribution in [2.75, 3.05) is 6.26 Å². The minimum atomic E-state index is -1.03. The van der Waals surface area contributed by atoms with Crippen molar-refractivity contribution in [1.82, 2.24) is 15.3 Å². The summed E-state index contributed by atoms with van der Waals surface area (Å²) >= 11 is 1.66. The van der Waals surface area contributed by atoms with Crippen LogP contribution in [0.3, 0.4) is 0 Å². The van der Waals surface area contributed by atoms with Crippen LogP contribution in [-0.2, 0) is 23.3 Å². The molecule has 0 fully saturated rings. The second-order valence-electron chi connectivity index (χ2n) is 6.24. The van der Waals surface area contributed by atoms with Crippen LogP contribution in [0, 0.1) is 0 Å². The average molecular weight is 379 g/mol. The van der Waals surface area contributed by atoms with E-state index in [1.165, 1.54) is 0 Å². The van der Waals surface area contributed by atoms with Gasteiger partial charge in [0.25, 0.3) is 0 Å². The number of nitrogens with zero attached hydrogens (tertiary/aromatic N) is 2. The molecule has 1 aromatic carbocycles. The molecule has 27 heavy (non-hydrogen) atoms. The summed E-state index contributed by atoms with van der Waals surface area (Å²) in [7, 11) is 0. The third-order valence-electron chi connectivity index (χ3n) is 4.57. The maximum absolute atomic E-state index is 12.7. The molecule has 2 aromatic heterocycles. The quantitative estimate of drug-likeness (QED) is 0.589. The highest BCUT2D eigenvalue weighted by molar-refractivity contribution is 7.98. The van der Waals surface area contributed by atoms with Gasteiger partial charge < -0.3 is 5.73 Å². The lowest BCUT2D eigenvalue weighted by Gasteiger charge is -2.33. The fourth-order valence-corrected chi connectivity index (χ4v) is 3.43. The predicted molar refractivity (Wildman–Crippen MR) is 108 cm³/mol. The third-order valence-corrected chi connectivity index (χ3v) is 5.31. The lowest BCUT2D eigenvalue weighted by Crippen LogP contribution is -2.54. The van der Waals surface area contributed by atoms with E-state index in [-0.39, 0.29) is 0 Å². The molecule has 0 aliphatic rings. The Labute approximate surface area is 163 Å². The number of hydrogen-bond acceptors (Lipinski definition) is 5. The molecule has 2 heterocycles. The molecule has 5 nitrogen and oxygen atoms in total. The van der Waals surface area contributed by atoms with E-state index in [2.05, 4.69) is 15.3 Å². The van der Waals surface area contributed by atoms with Gasteiger partial charge >= 0.3 is 0 Å². The summed E-state index contributed by atoms with van der Waals surface area (Å²) in [6.07, 6.45) is 9.38. The van der Waals surface area contributed by atoms with Crippen LogP contribution in [0.25, 0.3) is 0 Å². The molecule has 0 saturated carbocycles. The molecule has 3 aromatic rings. The van der Waals surface area contributed by atoms with E-state index < -0.39 is 11.4 Å².